The summed E-state index contributed by atoms with van der Waals surface area (Å²) in [6.07, 6.45) is -0.821. The van der Waals surface area contributed by atoms with E-state index in [2.05, 4.69) is 21.2 Å². The largest absolute Gasteiger partial charge is 0.394 e. The average Bonchev–Trinajstić information content (AvgIpc) is 2.20. The van der Waals surface area contributed by atoms with Crippen LogP contribution in [0, 0.1) is 0 Å². The van der Waals surface area contributed by atoms with Gasteiger partial charge < -0.3 is 15.5 Å². The van der Waals surface area contributed by atoms with Gasteiger partial charge in [0.25, 0.3) is 0 Å². The second-order valence-electron chi connectivity index (χ2n) is 2.97. The van der Waals surface area contributed by atoms with Gasteiger partial charge in [-0.1, -0.05) is 23.2 Å². The summed E-state index contributed by atoms with van der Waals surface area (Å²) >= 11 is 15.1. The summed E-state index contributed by atoms with van der Waals surface area (Å²) in [5, 5.41) is 21.7. The Morgan fingerprint density at radius 2 is 2.07 bits per heavy atom. The lowest BCUT2D eigenvalue weighted by atomic mass is 10.3. The summed E-state index contributed by atoms with van der Waals surface area (Å²) in [5.41, 5.74) is 0.614. The van der Waals surface area contributed by atoms with Crippen LogP contribution in [-0.4, -0.2) is 29.5 Å². The summed E-state index contributed by atoms with van der Waals surface area (Å²) in [5.74, 6) is 0. The summed E-state index contributed by atoms with van der Waals surface area (Å²) in [4.78, 5) is 0. The van der Waals surface area contributed by atoms with Crippen LogP contribution in [0.2, 0.25) is 10.0 Å². The van der Waals surface area contributed by atoms with Crippen LogP contribution in [0.4, 0.5) is 5.69 Å². The minimum Gasteiger partial charge on any atom is -0.394 e. The molecule has 0 saturated carbocycles. The number of nitrogens with one attached hydrogen (secondary N) is 1. The number of hydrogen-bond acceptors (Lipinski definition) is 3. The molecule has 0 saturated heterocycles. The molecule has 0 bridgehead atoms. The van der Waals surface area contributed by atoms with Gasteiger partial charge in [-0.3, -0.25) is 0 Å². The van der Waals surface area contributed by atoms with Crippen molar-refractivity contribution >= 4 is 44.8 Å². The Morgan fingerprint density at radius 1 is 1.40 bits per heavy atom. The molecule has 0 heterocycles. The Labute approximate surface area is 106 Å². The Balaban J connectivity index is 2.76. The van der Waals surface area contributed by atoms with E-state index in [1.54, 1.807) is 12.1 Å². The summed E-state index contributed by atoms with van der Waals surface area (Å²) in [6.45, 7) is -0.0879. The molecule has 6 heteroatoms. The van der Waals surface area contributed by atoms with E-state index in [9.17, 15) is 0 Å². The summed E-state index contributed by atoms with van der Waals surface area (Å²) in [7, 11) is 0. The third-order valence-corrected chi connectivity index (χ3v) is 3.21. The van der Waals surface area contributed by atoms with E-state index in [1.807, 2.05) is 0 Å². The molecule has 0 aliphatic carbocycles. The van der Waals surface area contributed by atoms with Gasteiger partial charge in [0, 0.05) is 16.0 Å². The van der Waals surface area contributed by atoms with E-state index >= 15 is 0 Å². The minimum absolute atomic E-state index is 0.211. The van der Waals surface area contributed by atoms with Crippen molar-refractivity contribution in [2.24, 2.45) is 0 Å². The van der Waals surface area contributed by atoms with Crippen molar-refractivity contribution in [2.45, 2.75) is 6.10 Å². The second-order valence-corrected chi connectivity index (χ2v) is 4.64. The first-order chi connectivity index (χ1) is 7.04. The number of aliphatic hydroxyl groups excluding tert-OH is 2. The first kappa shape index (κ1) is 13.1. The molecule has 0 radical (unpaired) electrons. The predicted octanol–water partition coefficient (Wildman–Crippen LogP) is 2.52. The minimum atomic E-state index is -0.821. The zero-order chi connectivity index (χ0) is 11.4. The maximum absolute atomic E-state index is 9.15. The highest BCUT2D eigenvalue weighted by molar-refractivity contribution is 9.10. The summed E-state index contributed by atoms with van der Waals surface area (Å²) in [6, 6.07) is 3.33. The summed E-state index contributed by atoms with van der Waals surface area (Å²) < 4.78 is 0.678. The molecule has 0 fully saturated rings. The molecule has 0 aliphatic heterocycles. The van der Waals surface area contributed by atoms with Gasteiger partial charge >= 0.3 is 0 Å². The number of aliphatic hydroxyl groups is 2. The van der Waals surface area contributed by atoms with Crippen LogP contribution in [-0.2, 0) is 0 Å². The predicted molar refractivity (Wildman–Crippen MR) is 65.7 cm³/mol. The van der Waals surface area contributed by atoms with Crippen LogP contribution in [0.5, 0.6) is 0 Å². The molecular weight excluding hydrogens is 305 g/mol. The van der Waals surface area contributed by atoms with E-state index in [4.69, 9.17) is 33.4 Å². The van der Waals surface area contributed by atoms with Crippen LogP contribution in [0.15, 0.2) is 16.6 Å². The molecule has 0 aromatic heterocycles. The fourth-order valence-corrected chi connectivity index (χ4v) is 1.96. The van der Waals surface area contributed by atoms with E-state index in [0.717, 1.165) is 0 Å². The van der Waals surface area contributed by atoms with E-state index in [0.29, 0.717) is 20.2 Å². The third kappa shape index (κ3) is 3.81. The normalized spacial score (nSPS) is 12.6. The molecule has 84 valence electrons. The molecule has 1 aromatic rings. The maximum atomic E-state index is 9.15. The molecule has 1 rings (SSSR count). The van der Waals surface area contributed by atoms with Crippen LogP contribution >= 0.6 is 39.1 Å². The van der Waals surface area contributed by atoms with E-state index in [-0.39, 0.29) is 13.2 Å². The first-order valence-corrected chi connectivity index (χ1v) is 5.77. The van der Waals surface area contributed by atoms with Gasteiger partial charge in [-0.2, -0.15) is 0 Å². The number of anilines is 1. The molecule has 0 spiro atoms. The molecule has 1 aromatic carbocycles. The van der Waals surface area contributed by atoms with Crippen LogP contribution in [0.25, 0.3) is 0 Å². The van der Waals surface area contributed by atoms with Crippen molar-refractivity contribution in [3.63, 3.8) is 0 Å². The highest BCUT2D eigenvalue weighted by Gasteiger charge is 2.08. The SMILES string of the molecule is OCC(O)CNc1cc(Cl)cc(Br)c1Cl. The number of benzene rings is 1. The number of halogens is 3. The Bertz CT molecular complexity index is 349. The topological polar surface area (TPSA) is 52.5 Å². The molecule has 0 amide bonds. The van der Waals surface area contributed by atoms with Crippen molar-refractivity contribution in [3.05, 3.63) is 26.7 Å². The molecule has 3 N–H and O–H groups in total. The lowest BCUT2D eigenvalue weighted by molar-refractivity contribution is 0.105. The fourth-order valence-electron chi connectivity index (χ4n) is 0.977. The highest BCUT2D eigenvalue weighted by atomic mass is 79.9. The van der Waals surface area contributed by atoms with Gasteiger partial charge in [-0.25, -0.2) is 0 Å². The number of hydrogen-bond donors (Lipinski definition) is 3. The Hall–Kier alpha value is -0.0000000000000000555. The van der Waals surface area contributed by atoms with Gasteiger partial charge in [0.05, 0.1) is 23.4 Å². The first-order valence-electron chi connectivity index (χ1n) is 4.22. The lowest BCUT2D eigenvalue weighted by Gasteiger charge is -2.12. The van der Waals surface area contributed by atoms with Gasteiger partial charge in [-0.15, -0.1) is 0 Å². The Morgan fingerprint density at radius 3 is 2.67 bits per heavy atom. The highest BCUT2D eigenvalue weighted by Crippen LogP contribution is 2.33. The van der Waals surface area contributed by atoms with Gasteiger partial charge in [0.15, 0.2) is 0 Å². The fraction of sp³-hybridized carbons (Fsp3) is 0.333. The van der Waals surface area contributed by atoms with Crippen molar-refractivity contribution in [3.8, 4) is 0 Å². The van der Waals surface area contributed by atoms with Crippen LogP contribution < -0.4 is 5.32 Å². The van der Waals surface area contributed by atoms with Gasteiger partial charge in [0.2, 0.25) is 0 Å². The Kier molecular flexibility index (Phi) is 5.15. The zero-order valence-electron chi connectivity index (χ0n) is 7.67. The molecule has 15 heavy (non-hydrogen) atoms. The molecule has 1 unspecified atom stereocenters. The molecule has 0 aliphatic rings. The van der Waals surface area contributed by atoms with E-state index in [1.165, 1.54) is 0 Å². The second kappa shape index (κ2) is 5.92. The molecule has 1 atom stereocenters. The third-order valence-electron chi connectivity index (χ3n) is 1.73. The molecule has 3 nitrogen and oxygen atoms in total. The van der Waals surface area contributed by atoms with Crippen LogP contribution in [0.3, 0.4) is 0 Å². The lowest BCUT2D eigenvalue weighted by Crippen LogP contribution is -2.23. The number of rotatable bonds is 4. The van der Waals surface area contributed by atoms with Crippen molar-refractivity contribution in [1.82, 2.24) is 0 Å². The smallest absolute Gasteiger partial charge is 0.0942 e. The zero-order valence-corrected chi connectivity index (χ0v) is 10.8. The maximum Gasteiger partial charge on any atom is 0.0942 e. The monoisotopic (exact) mass is 313 g/mol. The van der Waals surface area contributed by atoms with Crippen LogP contribution in [0.1, 0.15) is 0 Å². The standard InChI is InChI=1S/C9H10BrCl2NO2/c10-7-1-5(11)2-8(9(7)12)13-3-6(15)4-14/h1-2,6,13-15H,3-4H2. The van der Waals surface area contributed by atoms with Crippen molar-refractivity contribution in [2.75, 3.05) is 18.5 Å². The van der Waals surface area contributed by atoms with Crippen molar-refractivity contribution < 1.29 is 10.2 Å². The van der Waals surface area contributed by atoms with Gasteiger partial charge in [-0.05, 0) is 28.1 Å². The molecular formula is C9H10BrCl2NO2. The quantitative estimate of drug-likeness (QED) is 0.749. The van der Waals surface area contributed by atoms with Gasteiger partial charge in [0.1, 0.15) is 0 Å². The van der Waals surface area contributed by atoms with Crippen molar-refractivity contribution in [1.29, 1.82) is 0 Å². The average molecular weight is 315 g/mol. The van der Waals surface area contributed by atoms with E-state index < -0.39 is 6.10 Å².